The molecule has 0 unspecified atom stereocenters. The van der Waals surface area contributed by atoms with Gasteiger partial charge in [0.05, 0.1) is 23.8 Å². The summed E-state index contributed by atoms with van der Waals surface area (Å²) in [5, 5.41) is 3.59. The van der Waals surface area contributed by atoms with Crippen LogP contribution in [0.4, 0.5) is 14.9 Å². The fourth-order valence-electron chi connectivity index (χ4n) is 4.32. The number of nitrogens with zero attached hydrogens (tertiary/aromatic N) is 1. The van der Waals surface area contributed by atoms with Gasteiger partial charge in [-0.05, 0) is 52.8 Å². The molecule has 0 aliphatic heterocycles. The monoisotopic (exact) mass is 486 g/mol. The minimum Gasteiger partial charge on any atom is -0.464 e. The molecular formula is C30H31FN2O3. The number of rotatable bonds is 7. The lowest BCUT2D eigenvalue weighted by molar-refractivity contribution is 0.206. The highest BCUT2D eigenvalue weighted by molar-refractivity contribution is 5.91. The fourth-order valence-corrected chi connectivity index (χ4v) is 4.32. The third kappa shape index (κ3) is 5.48. The van der Waals surface area contributed by atoms with Crippen LogP contribution in [0, 0.1) is 5.82 Å². The van der Waals surface area contributed by atoms with Crippen molar-refractivity contribution in [1.82, 2.24) is 4.90 Å². The van der Waals surface area contributed by atoms with Gasteiger partial charge in [0.2, 0.25) is 0 Å². The smallest absolute Gasteiger partial charge is 0.322 e. The van der Waals surface area contributed by atoms with Gasteiger partial charge in [0.1, 0.15) is 11.4 Å². The van der Waals surface area contributed by atoms with Crippen molar-refractivity contribution in [2.75, 3.05) is 5.32 Å². The van der Waals surface area contributed by atoms with Crippen molar-refractivity contribution in [2.45, 2.75) is 52.6 Å². The lowest BCUT2D eigenvalue weighted by Gasteiger charge is -2.26. The molecule has 5 nitrogen and oxygen atoms in total. The Morgan fingerprint density at radius 3 is 2.17 bits per heavy atom. The summed E-state index contributed by atoms with van der Waals surface area (Å²) in [5.74, 6) is 0.0616. The predicted octanol–water partition coefficient (Wildman–Crippen LogP) is 7.41. The van der Waals surface area contributed by atoms with Crippen molar-refractivity contribution in [1.29, 1.82) is 0 Å². The summed E-state index contributed by atoms with van der Waals surface area (Å²) < 4.78 is 19.2. The van der Waals surface area contributed by atoms with Crippen LogP contribution >= 0.6 is 0 Å². The SMILES string of the molecule is CC(C)c1cccc(C(C)C)c1NC(=O)N(Cc1ccc(F)cc1)Cc1coc2ccccc2c1=O. The van der Waals surface area contributed by atoms with Crippen LogP contribution in [0.1, 0.15) is 61.8 Å². The van der Waals surface area contributed by atoms with Crippen LogP contribution < -0.4 is 10.7 Å². The Labute approximate surface area is 210 Å². The highest BCUT2D eigenvalue weighted by Gasteiger charge is 2.22. The molecule has 1 heterocycles. The quantitative estimate of drug-likeness (QED) is 0.296. The largest absolute Gasteiger partial charge is 0.464 e. The fraction of sp³-hybridized carbons (Fsp3) is 0.267. The van der Waals surface area contributed by atoms with Crippen LogP contribution in [0.25, 0.3) is 11.0 Å². The molecule has 0 aliphatic carbocycles. The third-order valence-corrected chi connectivity index (χ3v) is 6.29. The van der Waals surface area contributed by atoms with E-state index in [4.69, 9.17) is 4.42 Å². The Bertz CT molecular complexity index is 1400. The first-order chi connectivity index (χ1) is 17.2. The van der Waals surface area contributed by atoms with Crippen molar-refractivity contribution in [3.63, 3.8) is 0 Å². The summed E-state index contributed by atoms with van der Waals surface area (Å²) in [7, 11) is 0. The van der Waals surface area contributed by atoms with Gasteiger partial charge in [-0.15, -0.1) is 0 Å². The molecule has 6 heteroatoms. The number of anilines is 1. The lowest BCUT2D eigenvalue weighted by Crippen LogP contribution is -2.36. The minimum absolute atomic E-state index is 0.0389. The van der Waals surface area contributed by atoms with Gasteiger partial charge in [0.15, 0.2) is 5.43 Å². The molecule has 0 saturated heterocycles. The molecule has 1 aromatic heterocycles. The van der Waals surface area contributed by atoms with Gasteiger partial charge in [0.25, 0.3) is 0 Å². The normalized spacial score (nSPS) is 11.3. The van der Waals surface area contributed by atoms with E-state index in [-0.39, 0.29) is 42.2 Å². The Balaban J connectivity index is 1.72. The van der Waals surface area contributed by atoms with Crippen molar-refractivity contribution < 1.29 is 13.6 Å². The molecule has 0 spiro atoms. The number of carbonyl (C=O) groups excluding carboxylic acids is 1. The number of fused-ring (bicyclic) bond motifs is 1. The molecular weight excluding hydrogens is 455 g/mol. The molecule has 0 atom stereocenters. The Morgan fingerprint density at radius 2 is 1.53 bits per heavy atom. The zero-order chi connectivity index (χ0) is 25.8. The second-order valence-electron chi connectivity index (χ2n) is 9.62. The second kappa shape index (κ2) is 10.8. The molecule has 2 amide bonds. The van der Waals surface area contributed by atoms with E-state index in [9.17, 15) is 14.0 Å². The molecule has 4 aromatic rings. The van der Waals surface area contributed by atoms with Gasteiger partial charge in [-0.1, -0.05) is 70.2 Å². The zero-order valence-electron chi connectivity index (χ0n) is 21.0. The molecule has 4 rings (SSSR count). The maximum Gasteiger partial charge on any atom is 0.322 e. The average molecular weight is 487 g/mol. The summed E-state index contributed by atoms with van der Waals surface area (Å²) in [6.07, 6.45) is 1.41. The first kappa shape index (κ1) is 25.2. The van der Waals surface area contributed by atoms with Crippen molar-refractivity contribution in [2.24, 2.45) is 0 Å². The number of benzene rings is 3. The van der Waals surface area contributed by atoms with Crippen LogP contribution in [0.3, 0.4) is 0 Å². The van der Waals surface area contributed by atoms with E-state index in [0.717, 1.165) is 22.4 Å². The maximum absolute atomic E-state index is 13.7. The van der Waals surface area contributed by atoms with E-state index in [1.165, 1.54) is 18.4 Å². The van der Waals surface area contributed by atoms with Crippen LogP contribution in [0.2, 0.25) is 0 Å². The Kier molecular flexibility index (Phi) is 7.53. The van der Waals surface area contributed by atoms with Gasteiger partial charge in [-0.2, -0.15) is 0 Å². The highest BCUT2D eigenvalue weighted by Crippen LogP contribution is 2.32. The Hall–Kier alpha value is -3.93. The zero-order valence-corrected chi connectivity index (χ0v) is 21.0. The molecule has 0 radical (unpaired) electrons. The van der Waals surface area contributed by atoms with E-state index in [2.05, 4.69) is 33.0 Å². The third-order valence-electron chi connectivity index (χ3n) is 6.29. The van der Waals surface area contributed by atoms with E-state index < -0.39 is 0 Å². The summed E-state index contributed by atoms with van der Waals surface area (Å²) in [6, 6.07) is 18.7. The maximum atomic E-state index is 13.7. The molecule has 0 bridgehead atoms. The van der Waals surface area contributed by atoms with Crippen LogP contribution in [0.5, 0.6) is 0 Å². The summed E-state index contributed by atoms with van der Waals surface area (Å²) in [5.41, 5.74) is 4.31. The van der Waals surface area contributed by atoms with Gasteiger partial charge >= 0.3 is 6.03 Å². The van der Waals surface area contributed by atoms with E-state index in [1.54, 1.807) is 41.3 Å². The number of para-hydroxylation sites is 2. The summed E-state index contributed by atoms with van der Waals surface area (Å²) in [6.45, 7) is 8.59. The molecule has 0 aliphatic rings. The molecule has 0 saturated carbocycles. The van der Waals surface area contributed by atoms with Gasteiger partial charge in [-0.3, -0.25) is 4.79 Å². The summed E-state index contributed by atoms with van der Waals surface area (Å²) >= 11 is 0. The van der Waals surface area contributed by atoms with Gasteiger partial charge < -0.3 is 14.6 Å². The number of carbonyl (C=O) groups is 1. The first-order valence-corrected chi connectivity index (χ1v) is 12.2. The van der Waals surface area contributed by atoms with Crippen molar-refractivity contribution in [3.8, 4) is 0 Å². The molecule has 36 heavy (non-hydrogen) atoms. The second-order valence-corrected chi connectivity index (χ2v) is 9.62. The average Bonchev–Trinajstić information content (AvgIpc) is 2.86. The van der Waals surface area contributed by atoms with Crippen LogP contribution in [-0.2, 0) is 13.1 Å². The molecule has 186 valence electrons. The van der Waals surface area contributed by atoms with E-state index in [0.29, 0.717) is 16.5 Å². The minimum atomic E-state index is -0.350. The van der Waals surface area contributed by atoms with Gasteiger partial charge in [-0.25, -0.2) is 9.18 Å². The standard InChI is InChI=1S/C30H31FN2O3/c1-19(2)24-9-7-10-25(20(3)4)28(24)32-30(35)33(16-21-12-14-23(31)15-13-21)17-22-18-36-27-11-6-5-8-26(27)29(22)34/h5-15,18-20H,16-17H2,1-4H3,(H,32,35). The lowest BCUT2D eigenvalue weighted by atomic mass is 9.93. The van der Waals surface area contributed by atoms with E-state index >= 15 is 0 Å². The van der Waals surface area contributed by atoms with Crippen LogP contribution in [-0.4, -0.2) is 10.9 Å². The number of nitrogens with one attached hydrogen (secondary N) is 1. The topological polar surface area (TPSA) is 62.6 Å². The van der Waals surface area contributed by atoms with E-state index in [1.807, 2.05) is 18.2 Å². The predicted molar refractivity (Wildman–Crippen MR) is 142 cm³/mol. The first-order valence-electron chi connectivity index (χ1n) is 12.2. The molecule has 1 N–H and O–H groups in total. The number of halogens is 1. The summed E-state index contributed by atoms with van der Waals surface area (Å²) in [4.78, 5) is 28.4. The highest BCUT2D eigenvalue weighted by atomic mass is 19.1. The van der Waals surface area contributed by atoms with Crippen molar-refractivity contribution >= 4 is 22.7 Å². The Morgan fingerprint density at radius 1 is 0.889 bits per heavy atom. The number of amides is 2. The van der Waals surface area contributed by atoms with Crippen LogP contribution in [0.15, 0.2) is 82.2 Å². The molecule has 0 fully saturated rings. The van der Waals surface area contributed by atoms with Crippen molar-refractivity contribution in [3.05, 3.63) is 111 Å². The number of hydrogen-bond acceptors (Lipinski definition) is 3. The molecule has 3 aromatic carbocycles. The number of hydrogen-bond donors (Lipinski definition) is 1. The van der Waals surface area contributed by atoms with Gasteiger partial charge in [0, 0.05) is 12.2 Å². The number of urea groups is 1.